The Kier molecular flexibility index (Phi) is 4.85. The van der Waals surface area contributed by atoms with Gasteiger partial charge in [0.15, 0.2) is 11.0 Å². The van der Waals surface area contributed by atoms with Crippen molar-refractivity contribution in [2.24, 2.45) is 7.05 Å². The molecule has 4 nitrogen and oxygen atoms in total. The SMILES string of the molecule is CN(C)c1ccc(-c2nnc(SCc3ccc(F)cc3)n2C)cc1. The third kappa shape index (κ3) is 3.59. The van der Waals surface area contributed by atoms with E-state index in [1.807, 2.05) is 37.8 Å². The zero-order chi connectivity index (χ0) is 17.1. The molecule has 0 amide bonds. The van der Waals surface area contributed by atoms with Crippen LogP contribution >= 0.6 is 11.8 Å². The highest BCUT2D eigenvalue weighted by atomic mass is 32.2. The molecule has 124 valence electrons. The van der Waals surface area contributed by atoms with E-state index in [2.05, 4.69) is 27.2 Å². The Bertz CT molecular complexity index is 810. The molecule has 3 aromatic rings. The molecule has 0 saturated heterocycles. The number of aromatic nitrogens is 3. The Morgan fingerprint density at radius 1 is 1.00 bits per heavy atom. The minimum absolute atomic E-state index is 0.217. The van der Waals surface area contributed by atoms with Crippen molar-refractivity contribution in [3.05, 3.63) is 59.9 Å². The first kappa shape index (κ1) is 16.5. The summed E-state index contributed by atoms with van der Waals surface area (Å²) >= 11 is 1.59. The Morgan fingerprint density at radius 3 is 2.29 bits per heavy atom. The van der Waals surface area contributed by atoms with Crippen LogP contribution in [0.15, 0.2) is 53.7 Å². The van der Waals surface area contributed by atoms with E-state index >= 15 is 0 Å². The van der Waals surface area contributed by atoms with Gasteiger partial charge in [-0.05, 0) is 42.0 Å². The molecule has 0 aliphatic heterocycles. The average molecular weight is 342 g/mol. The van der Waals surface area contributed by atoms with Gasteiger partial charge in [0.25, 0.3) is 0 Å². The maximum absolute atomic E-state index is 12.9. The summed E-state index contributed by atoms with van der Waals surface area (Å²) in [7, 11) is 5.99. The predicted molar refractivity (Wildman–Crippen MR) is 96.7 cm³/mol. The lowest BCUT2D eigenvalue weighted by molar-refractivity contribution is 0.627. The molecule has 0 N–H and O–H groups in total. The first-order valence-electron chi connectivity index (χ1n) is 7.59. The molecule has 1 heterocycles. The average Bonchev–Trinajstić information content (AvgIpc) is 2.95. The van der Waals surface area contributed by atoms with E-state index in [0.29, 0.717) is 0 Å². The zero-order valence-corrected chi connectivity index (χ0v) is 14.7. The van der Waals surface area contributed by atoms with E-state index in [1.54, 1.807) is 23.9 Å². The third-order valence-electron chi connectivity index (χ3n) is 3.76. The smallest absolute Gasteiger partial charge is 0.191 e. The van der Waals surface area contributed by atoms with Crippen molar-refractivity contribution in [1.82, 2.24) is 14.8 Å². The number of thioether (sulfide) groups is 1. The van der Waals surface area contributed by atoms with Gasteiger partial charge in [-0.1, -0.05) is 23.9 Å². The quantitative estimate of drug-likeness (QED) is 0.657. The van der Waals surface area contributed by atoms with Gasteiger partial charge >= 0.3 is 0 Å². The summed E-state index contributed by atoms with van der Waals surface area (Å²) in [4.78, 5) is 2.06. The maximum atomic E-state index is 12.9. The lowest BCUT2D eigenvalue weighted by atomic mass is 10.2. The van der Waals surface area contributed by atoms with Crippen LogP contribution in [0, 0.1) is 5.82 Å². The fourth-order valence-electron chi connectivity index (χ4n) is 2.33. The number of rotatable bonds is 5. The number of halogens is 1. The van der Waals surface area contributed by atoms with Crippen LogP contribution in [0.2, 0.25) is 0 Å². The van der Waals surface area contributed by atoms with Gasteiger partial charge in [0.05, 0.1) is 0 Å². The Hall–Kier alpha value is -2.34. The van der Waals surface area contributed by atoms with Gasteiger partial charge < -0.3 is 9.47 Å². The second kappa shape index (κ2) is 7.05. The molecule has 2 aromatic carbocycles. The van der Waals surface area contributed by atoms with Crippen molar-refractivity contribution in [3.8, 4) is 11.4 Å². The largest absolute Gasteiger partial charge is 0.378 e. The van der Waals surface area contributed by atoms with Gasteiger partial charge in [-0.3, -0.25) is 0 Å². The fourth-order valence-corrected chi connectivity index (χ4v) is 3.20. The van der Waals surface area contributed by atoms with Crippen molar-refractivity contribution < 1.29 is 4.39 Å². The lowest BCUT2D eigenvalue weighted by Gasteiger charge is -2.12. The van der Waals surface area contributed by atoms with Crippen LogP contribution in [0.3, 0.4) is 0 Å². The van der Waals surface area contributed by atoms with Crippen LogP contribution < -0.4 is 4.90 Å². The highest BCUT2D eigenvalue weighted by molar-refractivity contribution is 7.98. The summed E-state index contributed by atoms with van der Waals surface area (Å²) in [5, 5.41) is 9.42. The molecule has 0 aliphatic rings. The number of hydrogen-bond acceptors (Lipinski definition) is 4. The third-order valence-corrected chi connectivity index (χ3v) is 4.85. The summed E-state index contributed by atoms with van der Waals surface area (Å²) in [5.74, 6) is 1.35. The monoisotopic (exact) mass is 342 g/mol. The van der Waals surface area contributed by atoms with Gasteiger partial charge in [0, 0.05) is 38.1 Å². The topological polar surface area (TPSA) is 34.0 Å². The lowest BCUT2D eigenvalue weighted by Crippen LogP contribution is -2.08. The summed E-state index contributed by atoms with van der Waals surface area (Å²) in [6.45, 7) is 0. The van der Waals surface area contributed by atoms with Crippen molar-refractivity contribution in [3.63, 3.8) is 0 Å². The number of anilines is 1. The van der Waals surface area contributed by atoms with Crippen LogP contribution in [0.5, 0.6) is 0 Å². The van der Waals surface area contributed by atoms with E-state index in [4.69, 9.17) is 0 Å². The van der Waals surface area contributed by atoms with E-state index in [0.717, 1.165) is 33.5 Å². The number of nitrogens with zero attached hydrogens (tertiary/aromatic N) is 4. The van der Waals surface area contributed by atoms with Crippen LogP contribution in [0.1, 0.15) is 5.56 Å². The molecule has 0 aliphatic carbocycles. The molecule has 24 heavy (non-hydrogen) atoms. The molecule has 1 aromatic heterocycles. The molecule has 3 rings (SSSR count). The molecule has 6 heteroatoms. The highest BCUT2D eigenvalue weighted by Crippen LogP contribution is 2.26. The summed E-state index contributed by atoms with van der Waals surface area (Å²) < 4.78 is 14.9. The second-order valence-corrected chi connectivity index (χ2v) is 6.66. The fraction of sp³-hybridized carbons (Fsp3) is 0.222. The number of hydrogen-bond donors (Lipinski definition) is 0. The first-order chi connectivity index (χ1) is 11.5. The standard InChI is InChI=1S/C18H19FN4S/c1-22(2)16-10-6-14(7-11-16)17-20-21-18(23(17)3)24-12-13-4-8-15(19)9-5-13/h4-11H,12H2,1-3H3. The van der Waals surface area contributed by atoms with E-state index in [-0.39, 0.29) is 5.82 Å². The minimum Gasteiger partial charge on any atom is -0.378 e. The highest BCUT2D eigenvalue weighted by Gasteiger charge is 2.11. The molecular formula is C18H19FN4S. The van der Waals surface area contributed by atoms with Crippen molar-refractivity contribution in [2.75, 3.05) is 19.0 Å². The normalized spacial score (nSPS) is 10.8. The van der Waals surface area contributed by atoms with Crippen molar-refractivity contribution >= 4 is 17.4 Å². The molecule has 0 fully saturated rings. The molecule has 0 saturated carbocycles. The van der Waals surface area contributed by atoms with E-state index < -0.39 is 0 Å². The molecule has 0 radical (unpaired) electrons. The summed E-state index contributed by atoms with van der Waals surface area (Å²) in [6.07, 6.45) is 0. The molecule has 0 spiro atoms. The van der Waals surface area contributed by atoms with Gasteiger partial charge in [-0.15, -0.1) is 10.2 Å². The summed E-state index contributed by atoms with van der Waals surface area (Å²) in [6, 6.07) is 14.8. The molecule has 0 bridgehead atoms. The maximum Gasteiger partial charge on any atom is 0.191 e. The second-order valence-electron chi connectivity index (χ2n) is 5.72. The van der Waals surface area contributed by atoms with Crippen LogP contribution in [0.25, 0.3) is 11.4 Å². The van der Waals surface area contributed by atoms with E-state index in [1.165, 1.54) is 12.1 Å². The van der Waals surface area contributed by atoms with Gasteiger partial charge in [0.2, 0.25) is 0 Å². The Morgan fingerprint density at radius 2 is 1.67 bits per heavy atom. The Labute approximate surface area is 145 Å². The molecular weight excluding hydrogens is 323 g/mol. The van der Waals surface area contributed by atoms with Crippen molar-refractivity contribution in [2.45, 2.75) is 10.9 Å². The van der Waals surface area contributed by atoms with E-state index in [9.17, 15) is 4.39 Å². The minimum atomic E-state index is -0.217. The molecule has 0 atom stereocenters. The number of benzene rings is 2. The van der Waals surface area contributed by atoms with Crippen molar-refractivity contribution in [1.29, 1.82) is 0 Å². The Balaban J connectivity index is 1.74. The van der Waals surface area contributed by atoms with Crippen LogP contribution in [-0.4, -0.2) is 28.9 Å². The van der Waals surface area contributed by atoms with Crippen LogP contribution in [-0.2, 0) is 12.8 Å². The zero-order valence-electron chi connectivity index (χ0n) is 13.9. The van der Waals surface area contributed by atoms with Gasteiger partial charge in [-0.2, -0.15) is 0 Å². The molecule has 0 unspecified atom stereocenters. The van der Waals surface area contributed by atoms with Crippen LogP contribution in [0.4, 0.5) is 10.1 Å². The predicted octanol–water partition coefficient (Wildman–Crippen LogP) is 3.98. The summed E-state index contributed by atoms with van der Waals surface area (Å²) in [5.41, 5.74) is 3.23. The van der Waals surface area contributed by atoms with Gasteiger partial charge in [0.1, 0.15) is 5.82 Å². The van der Waals surface area contributed by atoms with Gasteiger partial charge in [-0.25, -0.2) is 4.39 Å². The first-order valence-corrected chi connectivity index (χ1v) is 8.57.